The molecule has 0 saturated carbocycles. The number of nitrogens with zero attached hydrogens (tertiary/aromatic N) is 1. The van der Waals surface area contributed by atoms with Crippen molar-refractivity contribution in [2.75, 3.05) is 0 Å². The SMILES string of the molecule is Cc1ccc(CNC(=O)c2cccc3cn[nH]c23)c(C)c1. The maximum atomic E-state index is 12.3. The molecule has 0 aliphatic rings. The summed E-state index contributed by atoms with van der Waals surface area (Å²) in [5.74, 6) is -0.0928. The van der Waals surface area contributed by atoms with Gasteiger partial charge in [-0.1, -0.05) is 35.9 Å². The summed E-state index contributed by atoms with van der Waals surface area (Å²) in [6.45, 7) is 4.65. The van der Waals surface area contributed by atoms with Gasteiger partial charge in [-0.2, -0.15) is 5.10 Å². The van der Waals surface area contributed by atoms with Crippen LogP contribution >= 0.6 is 0 Å². The van der Waals surface area contributed by atoms with E-state index in [1.807, 2.05) is 12.1 Å². The summed E-state index contributed by atoms with van der Waals surface area (Å²) in [5.41, 5.74) is 4.94. The van der Waals surface area contributed by atoms with Gasteiger partial charge in [0.15, 0.2) is 0 Å². The van der Waals surface area contributed by atoms with Crippen LogP contribution in [0.25, 0.3) is 10.9 Å². The molecule has 0 radical (unpaired) electrons. The molecule has 0 aliphatic heterocycles. The molecule has 0 saturated heterocycles. The van der Waals surface area contributed by atoms with E-state index in [2.05, 4.69) is 47.6 Å². The van der Waals surface area contributed by atoms with E-state index in [1.165, 1.54) is 11.1 Å². The van der Waals surface area contributed by atoms with Crippen LogP contribution in [0.4, 0.5) is 0 Å². The van der Waals surface area contributed by atoms with Crippen LogP contribution in [0.3, 0.4) is 0 Å². The molecule has 21 heavy (non-hydrogen) atoms. The van der Waals surface area contributed by atoms with Gasteiger partial charge in [-0.25, -0.2) is 0 Å². The molecule has 4 heteroatoms. The fourth-order valence-electron chi connectivity index (χ4n) is 2.47. The first-order valence-electron chi connectivity index (χ1n) is 6.91. The van der Waals surface area contributed by atoms with Crippen LogP contribution in [0.2, 0.25) is 0 Å². The quantitative estimate of drug-likeness (QED) is 0.774. The molecule has 3 aromatic rings. The Hall–Kier alpha value is -2.62. The third-order valence-corrected chi connectivity index (χ3v) is 3.66. The summed E-state index contributed by atoms with van der Waals surface area (Å²) in [7, 11) is 0. The summed E-state index contributed by atoms with van der Waals surface area (Å²) >= 11 is 0. The number of nitrogens with one attached hydrogen (secondary N) is 2. The van der Waals surface area contributed by atoms with Crippen LogP contribution in [-0.4, -0.2) is 16.1 Å². The van der Waals surface area contributed by atoms with Crippen LogP contribution in [0.5, 0.6) is 0 Å². The molecule has 1 heterocycles. The number of benzene rings is 2. The van der Waals surface area contributed by atoms with Gasteiger partial charge in [-0.3, -0.25) is 9.89 Å². The Kier molecular flexibility index (Phi) is 3.44. The van der Waals surface area contributed by atoms with E-state index in [0.29, 0.717) is 12.1 Å². The Labute approximate surface area is 123 Å². The van der Waals surface area contributed by atoms with E-state index in [0.717, 1.165) is 16.5 Å². The average molecular weight is 279 g/mol. The first-order valence-corrected chi connectivity index (χ1v) is 6.91. The van der Waals surface area contributed by atoms with Gasteiger partial charge in [-0.15, -0.1) is 0 Å². The number of rotatable bonds is 3. The second-order valence-corrected chi connectivity index (χ2v) is 5.25. The number of fused-ring (bicyclic) bond motifs is 1. The zero-order valence-electron chi connectivity index (χ0n) is 12.1. The Morgan fingerprint density at radius 3 is 2.90 bits per heavy atom. The molecule has 1 aromatic heterocycles. The highest BCUT2D eigenvalue weighted by molar-refractivity contribution is 6.05. The number of aryl methyl sites for hydroxylation is 2. The molecule has 2 aromatic carbocycles. The monoisotopic (exact) mass is 279 g/mol. The lowest BCUT2D eigenvalue weighted by atomic mass is 10.1. The molecule has 0 unspecified atom stereocenters. The number of carbonyl (C=O) groups is 1. The number of H-pyrrole nitrogens is 1. The standard InChI is InChI=1S/C17H17N3O/c1-11-6-7-13(12(2)8-11)9-18-17(21)15-5-3-4-14-10-19-20-16(14)15/h3-8,10H,9H2,1-2H3,(H,18,21)(H,19,20). The van der Waals surface area contributed by atoms with Gasteiger partial charge in [0, 0.05) is 11.9 Å². The predicted molar refractivity (Wildman–Crippen MR) is 83.2 cm³/mol. The second-order valence-electron chi connectivity index (χ2n) is 5.25. The van der Waals surface area contributed by atoms with Crippen molar-refractivity contribution in [2.24, 2.45) is 0 Å². The summed E-state index contributed by atoms with van der Waals surface area (Å²) in [6.07, 6.45) is 1.72. The van der Waals surface area contributed by atoms with Crippen LogP contribution in [0.1, 0.15) is 27.0 Å². The van der Waals surface area contributed by atoms with Gasteiger partial charge in [0.25, 0.3) is 5.91 Å². The number of hydrogen-bond donors (Lipinski definition) is 2. The van der Waals surface area contributed by atoms with E-state index in [4.69, 9.17) is 0 Å². The molecule has 106 valence electrons. The van der Waals surface area contributed by atoms with E-state index >= 15 is 0 Å². The molecule has 1 amide bonds. The maximum absolute atomic E-state index is 12.3. The van der Waals surface area contributed by atoms with Gasteiger partial charge in [0.1, 0.15) is 0 Å². The molecule has 0 fully saturated rings. The Bertz CT molecular complexity index is 805. The molecule has 0 bridgehead atoms. The molecule has 3 rings (SSSR count). The summed E-state index contributed by atoms with van der Waals surface area (Å²) in [4.78, 5) is 12.3. The van der Waals surface area contributed by atoms with Crippen LogP contribution < -0.4 is 5.32 Å². The van der Waals surface area contributed by atoms with Crippen molar-refractivity contribution < 1.29 is 4.79 Å². The number of aromatic nitrogens is 2. The molecule has 2 N–H and O–H groups in total. The molecule has 0 atom stereocenters. The Morgan fingerprint density at radius 1 is 1.24 bits per heavy atom. The normalized spacial score (nSPS) is 10.8. The average Bonchev–Trinajstić information content (AvgIpc) is 2.94. The lowest BCUT2D eigenvalue weighted by molar-refractivity contribution is 0.0952. The summed E-state index contributed by atoms with van der Waals surface area (Å²) in [6, 6.07) is 11.8. The van der Waals surface area contributed by atoms with Gasteiger partial charge in [-0.05, 0) is 31.0 Å². The predicted octanol–water partition coefficient (Wildman–Crippen LogP) is 3.11. The first kappa shape index (κ1) is 13.4. The third-order valence-electron chi connectivity index (χ3n) is 3.66. The Morgan fingerprint density at radius 2 is 2.10 bits per heavy atom. The lowest BCUT2D eigenvalue weighted by Crippen LogP contribution is -2.23. The minimum Gasteiger partial charge on any atom is -0.348 e. The lowest BCUT2D eigenvalue weighted by Gasteiger charge is -2.09. The number of carbonyl (C=O) groups excluding carboxylic acids is 1. The summed E-state index contributed by atoms with van der Waals surface area (Å²) < 4.78 is 0. The second kappa shape index (κ2) is 5.40. The number of para-hydroxylation sites is 1. The zero-order valence-corrected chi connectivity index (χ0v) is 12.1. The van der Waals surface area contributed by atoms with Gasteiger partial charge >= 0.3 is 0 Å². The molecular weight excluding hydrogens is 262 g/mol. The van der Waals surface area contributed by atoms with E-state index in [9.17, 15) is 4.79 Å². The smallest absolute Gasteiger partial charge is 0.253 e. The van der Waals surface area contributed by atoms with Crippen LogP contribution in [-0.2, 0) is 6.54 Å². The molecule has 4 nitrogen and oxygen atoms in total. The largest absolute Gasteiger partial charge is 0.348 e. The van der Waals surface area contributed by atoms with Crippen molar-refractivity contribution in [1.82, 2.24) is 15.5 Å². The van der Waals surface area contributed by atoms with Crippen molar-refractivity contribution >= 4 is 16.8 Å². The highest BCUT2D eigenvalue weighted by atomic mass is 16.1. The minimum atomic E-state index is -0.0928. The van der Waals surface area contributed by atoms with Crippen molar-refractivity contribution in [1.29, 1.82) is 0 Å². The van der Waals surface area contributed by atoms with E-state index < -0.39 is 0 Å². The Balaban J connectivity index is 1.79. The fourth-order valence-corrected chi connectivity index (χ4v) is 2.47. The fraction of sp³-hybridized carbons (Fsp3) is 0.176. The molecule has 0 aliphatic carbocycles. The van der Waals surface area contributed by atoms with Crippen molar-refractivity contribution in [3.63, 3.8) is 0 Å². The van der Waals surface area contributed by atoms with Gasteiger partial charge in [0.2, 0.25) is 0 Å². The number of aromatic amines is 1. The minimum absolute atomic E-state index is 0.0928. The molecular formula is C17H17N3O. The topological polar surface area (TPSA) is 57.8 Å². The van der Waals surface area contributed by atoms with Gasteiger partial charge in [0.05, 0.1) is 17.3 Å². The van der Waals surface area contributed by atoms with Gasteiger partial charge < -0.3 is 5.32 Å². The molecule has 0 spiro atoms. The first-order chi connectivity index (χ1) is 10.1. The van der Waals surface area contributed by atoms with Crippen LogP contribution in [0.15, 0.2) is 42.6 Å². The highest BCUT2D eigenvalue weighted by Crippen LogP contribution is 2.16. The van der Waals surface area contributed by atoms with Crippen molar-refractivity contribution in [3.8, 4) is 0 Å². The van der Waals surface area contributed by atoms with Crippen LogP contribution in [0, 0.1) is 13.8 Å². The van der Waals surface area contributed by atoms with E-state index in [1.54, 1.807) is 12.3 Å². The van der Waals surface area contributed by atoms with Crippen molar-refractivity contribution in [3.05, 3.63) is 64.8 Å². The third kappa shape index (κ3) is 2.65. The summed E-state index contributed by atoms with van der Waals surface area (Å²) in [5, 5.41) is 10.8. The maximum Gasteiger partial charge on any atom is 0.253 e. The van der Waals surface area contributed by atoms with E-state index in [-0.39, 0.29) is 5.91 Å². The zero-order chi connectivity index (χ0) is 14.8. The van der Waals surface area contributed by atoms with Crippen molar-refractivity contribution in [2.45, 2.75) is 20.4 Å². The number of amides is 1. The number of hydrogen-bond acceptors (Lipinski definition) is 2. The highest BCUT2D eigenvalue weighted by Gasteiger charge is 2.11.